The minimum Gasteiger partial charge on any atom is -0.309 e. The van der Waals surface area contributed by atoms with E-state index in [1.807, 2.05) is 20.0 Å². The lowest BCUT2D eigenvalue weighted by Gasteiger charge is -2.20. The molecule has 20 heavy (non-hydrogen) atoms. The van der Waals surface area contributed by atoms with Crippen molar-refractivity contribution in [2.75, 3.05) is 7.05 Å². The Labute approximate surface area is 142 Å². The Hall–Kier alpha value is -0.350. The first-order valence-corrected chi connectivity index (χ1v) is 8.29. The second-order valence-electron chi connectivity index (χ2n) is 4.85. The predicted molar refractivity (Wildman–Crippen MR) is 93.7 cm³/mol. The van der Waals surface area contributed by atoms with E-state index in [0.717, 1.165) is 25.1 Å². The molecular weight excluding hydrogens is 401 g/mol. The number of nitrogens with one attached hydrogen (secondary N) is 1. The highest BCUT2D eigenvalue weighted by molar-refractivity contribution is 9.11. The topological polar surface area (TPSA) is 12.0 Å². The van der Waals surface area contributed by atoms with Crippen LogP contribution in [-0.4, -0.2) is 7.05 Å². The van der Waals surface area contributed by atoms with E-state index in [-0.39, 0.29) is 6.04 Å². The molecule has 2 rings (SSSR count). The smallest absolute Gasteiger partial charge is 0.0586 e. The summed E-state index contributed by atoms with van der Waals surface area (Å²) in [5.41, 5.74) is 4.64. The number of rotatable bonds is 3. The third-order valence-electron chi connectivity index (χ3n) is 3.41. The van der Waals surface area contributed by atoms with Gasteiger partial charge in [-0.3, -0.25) is 0 Å². The zero-order valence-corrected chi connectivity index (χ0v) is 15.5. The van der Waals surface area contributed by atoms with E-state index in [0.29, 0.717) is 0 Å². The Bertz CT molecular complexity index is 641. The summed E-state index contributed by atoms with van der Waals surface area (Å²) in [5.74, 6) is 0. The maximum Gasteiger partial charge on any atom is 0.0586 e. The number of hydrogen-bond donors (Lipinski definition) is 1. The number of halogens is 3. The molecule has 2 aromatic rings. The second-order valence-corrected chi connectivity index (χ2v) is 6.97. The van der Waals surface area contributed by atoms with Gasteiger partial charge in [-0.15, -0.1) is 0 Å². The van der Waals surface area contributed by atoms with E-state index in [1.165, 1.54) is 11.1 Å². The number of aryl methyl sites for hydroxylation is 2. The quantitative estimate of drug-likeness (QED) is 0.666. The highest BCUT2D eigenvalue weighted by atomic mass is 79.9. The molecule has 0 heterocycles. The summed E-state index contributed by atoms with van der Waals surface area (Å²) in [7, 11) is 1.96. The van der Waals surface area contributed by atoms with Crippen LogP contribution in [0.25, 0.3) is 0 Å². The molecule has 0 saturated carbocycles. The molecule has 4 heteroatoms. The fraction of sp³-hybridized carbons (Fsp3) is 0.250. The van der Waals surface area contributed by atoms with Crippen molar-refractivity contribution in [1.29, 1.82) is 0 Å². The molecule has 0 amide bonds. The average Bonchev–Trinajstić information content (AvgIpc) is 2.40. The molecule has 1 atom stereocenters. The molecule has 0 saturated heterocycles. The van der Waals surface area contributed by atoms with E-state index in [1.54, 1.807) is 0 Å². The Morgan fingerprint density at radius 1 is 1.00 bits per heavy atom. The minimum absolute atomic E-state index is 0.0966. The van der Waals surface area contributed by atoms with Gasteiger partial charge in [-0.1, -0.05) is 55.6 Å². The standard InChI is InChI=1S/C16H16Br2ClN/c1-9-4-5-11(7-15(9)19)16(20-3)12-8-13(17)10(2)6-14(12)18/h4-8,16,20H,1-3H3. The maximum absolute atomic E-state index is 6.25. The fourth-order valence-electron chi connectivity index (χ4n) is 2.17. The molecule has 2 aromatic carbocycles. The van der Waals surface area contributed by atoms with Crippen LogP contribution in [0.3, 0.4) is 0 Å². The predicted octanol–water partition coefficient (Wildman–Crippen LogP) is 5.79. The van der Waals surface area contributed by atoms with Crippen molar-refractivity contribution in [2.45, 2.75) is 19.9 Å². The minimum atomic E-state index is 0.0966. The van der Waals surface area contributed by atoms with Crippen LogP contribution in [0.2, 0.25) is 5.02 Å². The summed E-state index contributed by atoms with van der Waals surface area (Å²) < 4.78 is 2.20. The Morgan fingerprint density at radius 2 is 1.70 bits per heavy atom. The first-order valence-electron chi connectivity index (χ1n) is 6.33. The van der Waals surface area contributed by atoms with Crippen LogP contribution in [-0.2, 0) is 0 Å². The van der Waals surface area contributed by atoms with Gasteiger partial charge < -0.3 is 5.32 Å². The zero-order chi connectivity index (χ0) is 14.9. The van der Waals surface area contributed by atoms with Crippen molar-refractivity contribution in [3.63, 3.8) is 0 Å². The third-order valence-corrected chi connectivity index (χ3v) is 5.36. The van der Waals surface area contributed by atoms with Gasteiger partial charge in [0.15, 0.2) is 0 Å². The van der Waals surface area contributed by atoms with Crippen molar-refractivity contribution in [2.24, 2.45) is 0 Å². The molecule has 0 aliphatic carbocycles. The van der Waals surface area contributed by atoms with Gasteiger partial charge in [0.25, 0.3) is 0 Å². The molecule has 0 aliphatic heterocycles. The van der Waals surface area contributed by atoms with Crippen LogP contribution < -0.4 is 5.32 Å². The van der Waals surface area contributed by atoms with Crippen LogP contribution in [0.1, 0.15) is 28.3 Å². The molecule has 1 N–H and O–H groups in total. The molecule has 0 spiro atoms. The first-order chi connectivity index (χ1) is 9.43. The van der Waals surface area contributed by atoms with Crippen LogP contribution in [0.15, 0.2) is 39.3 Å². The highest BCUT2D eigenvalue weighted by Gasteiger charge is 2.17. The van der Waals surface area contributed by atoms with Gasteiger partial charge in [0.2, 0.25) is 0 Å². The molecule has 0 bridgehead atoms. The molecule has 106 valence electrons. The molecule has 0 fully saturated rings. The summed E-state index contributed by atoms with van der Waals surface area (Å²) in [5, 5.41) is 4.16. The van der Waals surface area contributed by atoms with Crippen molar-refractivity contribution >= 4 is 43.5 Å². The normalized spacial score (nSPS) is 12.5. The largest absolute Gasteiger partial charge is 0.309 e. The second kappa shape index (κ2) is 6.61. The SMILES string of the molecule is CNC(c1ccc(C)c(Cl)c1)c1cc(Br)c(C)cc1Br. The third kappa shape index (κ3) is 3.28. The Balaban J connectivity index is 2.52. The first kappa shape index (κ1) is 16.0. The number of hydrogen-bond acceptors (Lipinski definition) is 1. The molecule has 1 unspecified atom stereocenters. The van der Waals surface area contributed by atoms with E-state index in [9.17, 15) is 0 Å². The van der Waals surface area contributed by atoms with Crippen molar-refractivity contribution in [3.05, 3.63) is 66.6 Å². The van der Waals surface area contributed by atoms with Crippen LogP contribution in [0.5, 0.6) is 0 Å². The summed E-state index contributed by atoms with van der Waals surface area (Å²) in [4.78, 5) is 0. The molecule has 0 radical (unpaired) electrons. The molecule has 0 aliphatic rings. The van der Waals surface area contributed by atoms with E-state index in [4.69, 9.17) is 11.6 Å². The monoisotopic (exact) mass is 415 g/mol. The van der Waals surface area contributed by atoms with E-state index < -0.39 is 0 Å². The summed E-state index contributed by atoms with van der Waals surface area (Å²) in [6.45, 7) is 4.09. The van der Waals surface area contributed by atoms with Crippen LogP contribution in [0.4, 0.5) is 0 Å². The summed E-state index contributed by atoms with van der Waals surface area (Å²) in [6, 6.07) is 10.6. The van der Waals surface area contributed by atoms with Crippen molar-refractivity contribution < 1.29 is 0 Å². The summed E-state index contributed by atoms with van der Waals surface area (Å²) in [6.07, 6.45) is 0. The average molecular weight is 418 g/mol. The van der Waals surface area contributed by atoms with Crippen molar-refractivity contribution in [3.8, 4) is 0 Å². The van der Waals surface area contributed by atoms with Crippen LogP contribution >= 0.6 is 43.5 Å². The maximum atomic E-state index is 6.25. The molecular formula is C16H16Br2ClN. The van der Waals surface area contributed by atoms with Gasteiger partial charge in [-0.05, 0) is 61.3 Å². The fourth-order valence-corrected chi connectivity index (χ4v) is 3.41. The Kier molecular flexibility index (Phi) is 5.30. The van der Waals surface area contributed by atoms with Gasteiger partial charge in [0, 0.05) is 14.0 Å². The lowest BCUT2D eigenvalue weighted by molar-refractivity contribution is 0.688. The molecule has 1 nitrogen and oxygen atoms in total. The highest BCUT2D eigenvalue weighted by Crippen LogP contribution is 2.34. The van der Waals surface area contributed by atoms with Gasteiger partial charge in [0.05, 0.1) is 6.04 Å². The van der Waals surface area contributed by atoms with Crippen LogP contribution in [0, 0.1) is 13.8 Å². The summed E-state index contributed by atoms with van der Waals surface area (Å²) >= 11 is 13.5. The van der Waals surface area contributed by atoms with E-state index >= 15 is 0 Å². The van der Waals surface area contributed by atoms with E-state index in [2.05, 4.69) is 68.4 Å². The van der Waals surface area contributed by atoms with Crippen molar-refractivity contribution in [1.82, 2.24) is 5.32 Å². The van der Waals surface area contributed by atoms with Gasteiger partial charge >= 0.3 is 0 Å². The van der Waals surface area contributed by atoms with Gasteiger partial charge in [-0.2, -0.15) is 0 Å². The van der Waals surface area contributed by atoms with Gasteiger partial charge in [-0.25, -0.2) is 0 Å². The van der Waals surface area contributed by atoms with Gasteiger partial charge in [0.1, 0.15) is 0 Å². The molecule has 0 aromatic heterocycles. The lowest BCUT2D eigenvalue weighted by atomic mass is 9.97. The lowest BCUT2D eigenvalue weighted by Crippen LogP contribution is -2.18. The number of benzene rings is 2. The zero-order valence-electron chi connectivity index (χ0n) is 11.6. The Morgan fingerprint density at radius 3 is 2.30 bits per heavy atom.